The summed E-state index contributed by atoms with van der Waals surface area (Å²) in [4.78, 5) is 11.8. The predicted molar refractivity (Wildman–Crippen MR) is 81.3 cm³/mol. The van der Waals surface area contributed by atoms with Crippen molar-refractivity contribution in [3.8, 4) is 11.3 Å². The van der Waals surface area contributed by atoms with Crippen LogP contribution in [0.1, 0.15) is 23.0 Å². The van der Waals surface area contributed by atoms with Gasteiger partial charge in [0.2, 0.25) is 0 Å². The summed E-state index contributed by atoms with van der Waals surface area (Å²) in [6.07, 6.45) is 0. The van der Waals surface area contributed by atoms with Gasteiger partial charge in [0.05, 0.1) is 12.1 Å². The maximum absolute atomic E-state index is 11.8. The van der Waals surface area contributed by atoms with Gasteiger partial charge in [0.25, 0.3) is 0 Å². The number of esters is 1. The number of benzene rings is 1. The number of fused-ring (bicyclic) bond motifs is 1. The summed E-state index contributed by atoms with van der Waals surface area (Å²) >= 11 is 0. The van der Waals surface area contributed by atoms with Crippen molar-refractivity contribution in [2.75, 3.05) is 6.61 Å². The fourth-order valence-corrected chi connectivity index (χ4v) is 2.37. The van der Waals surface area contributed by atoms with Gasteiger partial charge < -0.3 is 13.7 Å². The highest BCUT2D eigenvalue weighted by Crippen LogP contribution is 2.30. The zero-order valence-electron chi connectivity index (χ0n) is 12.3. The van der Waals surface area contributed by atoms with E-state index in [2.05, 4.69) is 0 Å². The van der Waals surface area contributed by atoms with E-state index in [-0.39, 0.29) is 5.97 Å². The minimum Gasteiger partial charge on any atom is -0.461 e. The van der Waals surface area contributed by atoms with Gasteiger partial charge in [-0.1, -0.05) is 29.8 Å². The Balaban J connectivity index is 2.02. The molecule has 0 unspecified atom stereocenters. The van der Waals surface area contributed by atoms with Crippen molar-refractivity contribution < 1.29 is 13.9 Å². The van der Waals surface area contributed by atoms with E-state index >= 15 is 0 Å². The third-order valence-electron chi connectivity index (χ3n) is 3.55. The first-order valence-electron chi connectivity index (χ1n) is 6.93. The highest BCUT2D eigenvalue weighted by Gasteiger charge is 2.18. The molecule has 1 aromatic carbocycles. The molecule has 2 heterocycles. The molecule has 4 nitrogen and oxygen atoms in total. The summed E-state index contributed by atoms with van der Waals surface area (Å²) in [6, 6.07) is 11.8. The minimum absolute atomic E-state index is 0.330. The molecular weight excluding hydrogens is 266 g/mol. The lowest BCUT2D eigenvalue weighted by atomic mass is 10.1. The number of carbonyl (C=O) groups excluding carboxylic acids is 1. The Morgan fingerprint density at radius 2 is 1.95 bits per heavy atom. The number of aryl methyl sites for hydroxylation is 2. The van der Waals surface area contributed by atoms with Crippen molar-refractivity contribution in [1.29, 1.82) is 0 Å². The monoisotopic (exact) mass is 283 g/mol. The number of ether oxygens (including phenoxy) is 1. The number of hydrogen-bond acceptors (Lipinski definition) is 3. The second-order valence-electron chi connectivity index (χ2n) is 5.04. The summed E-state index contributed by atoms with van der Waals surface area (Å²) in [5, 5.41) is 0. The Morgan fingerprint density at radius 1 is 1.24 bits per heavy atom. The van der Waals surface area contributed by atoms with Crippen LogP contribution in [0.25, 0.3) is 22.4 Å². The largest absolute Gasteiger partial charge is 0.461 e. The van der Waals surface area contributed by atoms with Crippen molar-refractivity contribution in [2.24, 2.45) is 7.05 Å². The number of carbonyl (C=O) groups is 1. The number of hydrogen-bond donors (Lipinski definition) is 0. The van der Waals surface area contributed by atoms with Gasteiger partial charge in [-0.3, -0.25) is 0 Å². The van der Waals surface area contributed by atoms with Crippen LogP contribution in [0.4, 0.5) is 0 Å². The zero-order valence-corrected chi connectivity index (χ0v) is 12.3. The maximum atomic E-state index is 11.8. The van der Waals surface area contributed by atoms with Gasteiger partial charge in [-0.25, -0.2) is 4.79 Å². The molecule has 0 saturated heterocycles. The maximum Gasteiger partial charge on any atom is 0.355 e. The molecule has 0 spiro atoms. The van der Waals surface area contributed by atoms with E-state index in [4.69, 9.17) is 9.15 Å². The molecular formula is C17H17NO3. The quantitative estimate of drug-likeness (QED) is 0.684. The van der Waals surface area contributed by atoms with Gasteiger partial charge in [-0.15, -0.1) is 0 Å². The van der Waals surface area contributed by atoms with Crippen LogP contribution in [0.5, 0.6) is 0 Å². The SMILES string of the molecule is CCOC(=O)c1cc2oc(-c3ccc(C)cc3)cc2n1C. The highest BCUT2D eigenvalue weighted by atomic mass is 16.5. The van der Waals surface area contributed by atoms with Gasteiger partial charge in [-0.05, 0) is 13.8 Å². The molecule has 0 radical (unpaired) electrons. The zero-order chi connectivity index (χ0) is 15.0. The number of rotatable bonds is 3. The van der Waals surface area contributed by atoms with E-state index < -0.39 is 0 Å². The molecule has 4 heteroatoms. The van der Waals surface area contributed by atoms with Crippen LogP contribution < -0.4 is 0 Å². The molecule has 0 atom stereocenters. The van der Waals surface area contributed by atoms with Crippen LogP contribution in [-0.4, -0.2) is 17.1 Å². The Bertz CT molecular complexity index is 793. The van der Waals surface area contributed by atoms with E-state index in [9.17, 15) is 4.79 Å². The van der Waals surface area contributed by atoms with E-state index in [0.29, 0.717) is 17.9 Å². The van der Waals surface area contributed by atoms with Crippen molar-refractivity contribution in [3.05, 3.63) is 47.7 Å². The lowest BCUT2D eigenvalue weighted by Gasteiger charge is -2.02. The molecule has 21 heavy (non-hydrogen) atoms. The van der Waals surface area contributed by atoms with Gasteiger partial charge in [-0.2, -0.15) is 0 Å². The third-order valence-corrected chi connectivity index (χ3v) is 3.55. The van der Waals surface area contributed by atoms with Crippen LogP contribution in [-0.2, 0) is 11.8 Å². The molecule has 0 aliphatic carbocycles. The predicted octanol–water partition coefficient (Wildman–Crippen LogP) is 3.92. The van der Waals surface area contributed by atoms with Crippen LogP contribution in [0.3, 0.4) is 0 Å². The van der Waals surface area contributed by atoms with E-state index in [1.165, 1.54) is 5.56 Å². The van der Waals surface area contributed by atoms with Crippen LogP contribution in [0, 0.1) is 6.92 Å². The standard InChI is InChI=1S/C17H17NO3/c1-4-20-17(19)14-10-16-13(18(14)3)9-15(21-16)12-7-5-11(2)6-8-12/h5-10H,4H2,1-3H3. The molecule has 0 saturated carbocycles. The highest BCUT2D eigenvalue weighted by molar-refractivity contribution is 5.95. The summed E-state index contributed by atoms with van der Waals surface area (Å²) in [5.41, 5.74) is 4.31. The summed E-state index contributed by atoms with van der Waals surface area (Å²) in [7, 11) is 1.84. The number of aromatic nitrogens is 1. The summed E-state index contributed by atoms with van der Waals surface area (Å²) in [6.45, 7) is 4.20. The van der Waals surface area contributed by atoms with Crippen LogP contribution >= 0.6 is 0 Å². The van der Waals surface area contributed by atoms with Crippen molar-refractivity contribution in [2.45, 2.75) is 13.8 Å². The lowest BCUT2D eigenvalue weighted by Crippen LogP contribution is -2.09. The fraction of sp³-hybridized carbons (Fsp3) is 0.235. The topological polar surface area (TPSA) is 44.4 Å². The molecule has 0 aliphatic rings. The van der Waals surface area contributed by atoms with E-state index in [0.717, 1.165) is 16.8 Å². The second kappa shape index (κ2) is 5.13. The Hall–Kier alpha value is -2.49. The lowest BCUT2D eigenvalue weighted by molar-refractivity contribution is 0.0516. The second-order valence-corrected chi connectivity index (χ2v) is 5.04. The average Bonchev–Trinajstić information content (AvgIpc) is 3.00. The Labute approximate surface area is 122 Å². The van der Waals surface area contributed by atoms with Crippen molar-refractivity contribution in [1.82, 2.24) is 4.57 Å². The molecule has 3 rings (SSSR count). The van der Waals surface area contributed by atoms with Gasteiger partial charge in [0.15, 0.2) is 5.58 Å². The normalized spacial score (nSPS) is 11.0. The molecule has 0 aliphatic heterocycles. The molecule has 108 valence electrons. The van der Waals surface area contributed by atoms with Crippen molar-refractivity contribution >= 4 is 17.1 Å². The molecule has 0 fully saturated rings. The summed E-state index contributed by atoms with van der Waals surface area (Å²) in [5.74, 6) is 0.467. The average molecular weight is 283 g/mol. The Kier molecular flexibility index (Phi) is 3.29. The van der Waals surface area contributed by atoms with Gasteiger partial charge in [0, 0.05) is 24.7 Å². The molecule has 0 N–H and O–H groups in total. The summed E-state index contributed by atoms with van der Waals surface area (Å²) < 4.78 is 12.7. The minimum atomic E-state index is -0.330. The van der Waals surface area contributed by atoms with E-state index in [1.807, 2.05) is 44.3 Å². The first kappa shape index (κ1) is 13.5. The van der Waals surface area contributed by atoms with Crippen LogP contribution in [0.2, 0.25) is 0 Å². The number of nitrogens with zero attached hydrogens (tertiary/aromatic N) is 1. The third kappa shape index (κ3) is 2.33. The van der Waals surface area contributed by atoms with Crippen LogP contribution in [0.15, 0.2) is 40.8 Å². The van der Waals surface area contributed by atoms with Gasteiger partial charge >= 0.3 is 5.97 Å². The Morgan fingerprint density at radius 3 is 2.57 bits per heavy atom. The fourth-order valence-electron chi connectivity index (χ4n) is 2.37. The molecule has 0 bridgehead atoms. The molecule has 0 amide bonds. The first-order valence-corrected chi connectivity index (χ1v) is 6.93. The molecule has 3 aromatic rings. The van der Waals surface area contributed by atoms with Gasteiger partial charge in [0.1, 0.15) is 11.5 Å². The van der Waals surface area contributed by atoms with Crippen molar-refractivity contribution in [3.63, 3.8) is 0 Å². The molecule has 2 aromatic heterocycles. The van der Waals surface area contributed by atoms with E-state index in [1.54, 1.807) is 17.6 Å². The number of furan rings is 1. The first-order chi connectivity index (χ1) is 10.1. The smallest absolute Gasteiger partial charge is 0.355 e.